The zero-order valence-electron chi connectivity index (χ0n) is 12.9. The van der Waals surface area contributed by atoms with Crippen molar-refractivity contribution in [2.24, 2.45) is 0 Å². The van der Waals surface area contributed by atoms with Crippen LogP contribution in [0.5, 0.6) is 0 Å². The summed E-state index contributed by atoms with van der Waals surface area (Å²) in [6.45, 7) is 2.69. The number of carbonyl (C=O) groups is 1. The number of ether oxygens (including phenoxy) is 2. The molecule has 1 aromatic carbocycles. The molecule has 23 heavy (non-hydrogen) atoms. The number of benzene rings is 1. The molecule has 2 rings (SSSR count). The van der Waals surface area contributed by atoms with Gasteiger partial charge >= 0.3 is 0 Å². The zero-order chi connectivity index (χ0) is 16.5. The van der Waals surface area contributed by atoms with Crippen molar-refractivity contribution in [3.63, 3.8) is 0 Å². The second kappa shape index (κ2) is 9.93. The summed E-state index contributed by atoms with van der Waals surface area (Å²) in [7, 11) is 0. The van der Waals surface area contributed by atoms with E-state index >= 15 is 0 Å². The van der Waals surface area contributed by atoms with Gasteiger partial charge in [-0.15, -0.1) is 0 Å². The van der Waals surface area contributed by atoms with Gasteiger partial charge in [0.05, 0.1) is 22.8 Å². The van der Waals surface area contributed by atoms with Gasteiger partial charge in [0.15, 0.2) is 0 Å². The Balaban J connectivity index is 1.57. The van der Waals surface area contributed by atoms with E-state index in [-0.39, 0.29) is 12.0 Å². The number of amides is 1. The molecule has 1 unspecified atom stereocenters. The van der Waals surface area contributed by atoms with E-state index in [9.17, 15) is 4.79 Å². The van der Waals surface area contributed by atoms with Gasteiger partial charge in [0.25, 0.3) is 0 Å². The van der Waals surface area contributed by atoms with Gasteiger partial charge in [-0.2, -0.15) is 0 Å². The molecule has 0 bridgehead atoms. The summed E-state index contributed by atoms with van der Waals surface area (Å²) in [4.78, 5) is 11.7. The number of rotatable bonds is 8. The van der Waals surface area contributed by atoms with Crippen LogP contribution >= 0.6 is 23.2 Å². The minimum Gasteiger partial charge on any atom is -0.379 e. The lowest BCUT2D eigenvalue weighted by Crippen LogP contribution is -2.23. The maximum absolute atomic E-state index is 11.7. The molecule has 1 atom stereocenters. The fourth-order valence-corrected chi connectivity index (χ4v) is 2.53. The highest BCUT2D eigenvalue weighted by Crippen LogP contribution is 2.23. The zero-order valence-corrected chi connectivity index (χ0v) is 14.4. The van der Waals surface area contributed by atoms with Crippen molar-refractivity contribution in [1.82, 2.24) is 5.32 Å². The summed E-state index contributed by atoms with van der Waals surface area (Å²) in [5.41, 5.74) is 0.828. The maximum atomic E-state index is 11.7. The van der Waals surface area contributed by atoms with Crippen LogP contribution < -0.4 is 5.32 Å². The Bertz CT molecular complexity index is 543. The molecule has 1 fully saturated rings. The van der Waals surface area contributed by atoms with E-state index in [1.807, 2.05) is 0 Å². The highest BCUT2D eigenvalue weighted by molar-refractivity contribution is 6.42. The van der Waals surface area contributed by atoms with Crippen LogP contribution in [0.4, 0.5) is 0 Å². The first kappa shape index (κ1) is 18.3. The van der Waals surface area contributed by atoms with Crippen LogP contribution in [0.3, 0.4) is 0 Å². The van der Waals surface area contributed by atoms with E-state index < -0.39 is 0 Å². The highest BCUT2D eigenvalue weighted by atomic mass is 35.5. The summed E-state index contributed by atoms with van der Waals surface area (Å²) in [5.74, 6) is -0.143. The monoisotopic (exact) mass is 357 g/mol. The molecular formula is C17H21Cl2NO3. The van der Waals surface area contributed by atoms with Crippen molar-refractivity contribution < 1.29 is 14.3 Å². The number of hydrogen-bond donors (Lipinski definition) is 1. The van der Waals surface area contributed by atoms with Crippen molar-refractivity contribution in [2.75, 3.05) is 26.4 Å². The molecule has 0 radical (unpaired) electrons. The lowest BCUT2D eigenvalue weighted by atomic mass is 10.2. The van der Waals surface area contributed by atoms with Crippen LogP contribution in [0.25, 0.3) is 6.08 Å². The van der Waals surface area contributed by atoms with Crippen LogP contribution in [-0.2, 0) is 14.3 Å². The van der Waals surface area contributed by atoms with Gasteiger partial charge in [-0.3, -0.25) is 4.79 Å². The van der Waals surface area contributed by atoms with Gasteiger partial charge < -0.3 is 14.8 Å². The van der Waals surface area contributed by atoms with Crippen LogP contribution in [-0.4, -0.2) is 38.4 Å². The quantitative estimate of drug-likeness (QED) is 0.569. The third-order valence-corrected chi connectivity index (χ3v) is 4.20. The molecular weight excluding hydrogens is 337 g/mol. The van der Waals surface area contributed by atoms with Gasteiger partial charge in [-0.1, -0.05) is 29.3 Å². The molecule has 1 aliphatic heterocycles. The molecule has 1 N–H and O–H groups in total. The van der Waals surface area contributed by atoms with E-state index in [4.69, 9.17) is 32.7 Å². The third kappa shape index (κ3) is 6.92. The minimum absolute atomic E-state index is 0.143. The second-order valence-corrected chi connectivity index (χ2v) is 6.18. The van der Waals surface area contributed by atoms with Crippen LogP contribution in [0.2, 0.25) is 10.0 Å². The molecule has 1 amide bonds. The van der Waals surface area contributed by atoms with Gasteiger partial charge in [0.1, 0.15) is 0 Å². The number of nitrogens with one attached hydrogen (secondary N) is 1. The molecule has 1 heterocycles. The smallest absolute Gasteiger partial charge is 0.244 e. The maximum Gasteiger partial charge on any atom is 0.244 e. The van der Waals surface area contributed by atoms with E-state index in [1.54, 1.807) is 24.3 Å². The lowest BCUT2D eigenvalue weighted by Gasteiger charge is -2.09. The predicted molar refractivity (Wildman–Crippen MR) is 92.9 cm³/mol. The van der Waals surface area contributed by atoms with E-state index in [2.05, 4.69) is 5.32 Å². The Morgan fingerprint density at radius 3 is 3.00 bits per heavy atom. The Morgan fingerprint density at radius 1 is 1.39 bits per heavy atom. The Morgan fingerprint density at radius 2 is 2.26 bits per heavy atom. The van der Waals surface area contributed by atoms with Gasteiger partial charge in [-0.25, -0.2) is 0 Å². The number of halogens is 2. The van der Waals surface area contributed by atoms with Crippen molar-refractivity contribution in [2.45, 2.75) is 25.4 Å². The van der Waals surface area contributed by atoms with Gasteiger partial charge in [-0.05, 0) is 43.0 Å². The molecule has 4 nitrogen and oxygen atoms in total. The fourth-order valence-electron chi connectivity index (χ4n) is 2.22. The molecule has 1 saturated heterocycles. The summed E-state index contributed by atoms with van der Waals surface area (Å²) < 4.78 is 11.0. The normalized spacial score (nSPS) is 17.7. The van der Waals surface area contributed by atoms with Crippen molar-refractivity contribution >= 4 is 35.2 Å². The van der Waals surface area contributed by atoms with Crippen molar-refractivity contribution in [3.05, 3.63) is 39.9 Å². The van der Waals surface area contributed by atoms with Crippen molar-refractivity contribution in [1.29, 1.82) is 0 Å². The second-order valence-electron chi connectivity index (χ2n) is 5.36. The largest absolute Gasteiger partial charge is 0.379 e. The molecule has 1 aromatic rings. The Labute approximate surface area is 146 Å². The number of hydrogen-bond acceptors (Lipinski definition) is 3. The molecule has 0 saturated carbocycles. The van der Waals surface area contributed by atoms with Gasteiger partial charge in [0, 0.05) is 25.8 Å². The first-order chi connectivity index (χ1) is 11.1. The highest BCUT2D eigenvalue weighted by Gasteiger charge is 2.14. The average molecular weight is 358 g/mol. The number of carbonyl (C=O) groups excluding carboxylic acids is 1. The first-order valence-corrected chi connectivity index (χ1v) is 8.51. The average Bonchev–Trinajstić information content (AvgIpc) is 3.05. The van der Waals surface area contributed by atoms with E-state index in [0.29, 0.717) is 29.8 Å². The summed E-state index contributed by atoms with van der Waals surface area (Å²) in [6, 6.07) is 5.22. The first-order valence-electron chi connectivity index (χ1n) is 7.75. The van der Waals surface area contributed by atoms with Crippen molar-refractivity contribution in [3.8, 4) is 0 Å². The van der Waals surface area contributed by atoms with E-state index in [1.165, 1.54) is 6.08 Å². The molecule has 0 aromatic heterocycles. The molecule has 6 heteroatoms. The van der Waals surface area contributed by atoms with Crippen LogP contribution in [0, 0.1) is 0 Å². The fraction of sp³-hybridized carbons (Fsp3) is 0.471. The molecule has 126 valence electrons. The SMILES string of the molecule is O=C(/C=C/c1ccc(Cl)c(Cl)c1)NCCCOCC1CCCO1. The molecule has 0 spiro atoms. The standard InChI is InChI=1S/C17H21Cl2NO3/c18-15-6-4-13(11-16(15)19)5-7-17(21)20-8-2-9-22-12-14-3-1-10-23-14/h4-7,11,14H,1-3,8-10,12H2,(H,20,21)/b7-5+. The Hall–Kier alpha value is -1.07. The summed E-state index contributed by atoms with van der Waals surface area (Å²) in [5, 5.41) is 3.78. The lowest BCUT2D eigenvalue weighted by molar-refractivity contribution is -0.116. The summed E-state index contributed by atoms with van der Waals surface area (Å²) >= 11 is 11.8. The van der Waals surface area contributed by atoms with Crippen LogP contribution in [0.15, 0.2) is 24.3 Å². The third-order valence-electron chi connectivity index (χ3n) is 3.46. The molecule has 0 aliphatic carbocycles. The van der Waals surface area contributed by atoms with Crippen LogP contribution in [0.1, 0.15) is 24.8 Å². The molecule has 1 aliphatic rings. The minimum atomic E-state index is -0.143. The topological polar surface area (TPSA) is 47.6 Å². The Kier molecular flexibility index (Phi) is 7.89. The summed E-state index contributed by atoms with van der Waals surface area (Å²) in [6.07, 6.45) is 6.40. The van der Waals surface area contributed by atoms with E-state index in [0.717, 1.165) is 31.4 Å². The predicted octanol–water partition coefficient (Wildman–Crippen LogP) is 3.71. The van der Waals surface area contributed by atoms with Gasteiger partial charge in [0.2, 0.25) is 5.91 Å².